The number of rotatable bonds is 5. The summed E-state index contributed by atoms with van der Waals surface area (Å²) in [5.74, 6) is 0.853. The van der Waals surface area contributed by atoms with Gasteiger partial charge in [0, 0.05) is 32.2 Å². The van der Waals surface area contributed by atoms with Crippen molar-refractivity contribution in [1.82, 2.24) is 10.6 Å². The van der Waals surface area contributed by atoms with Crippen molar-refractivity contribution in [1.29, 1.82) is 0 Å². The van der Waals surface area contributed by atoms with Crippen molar-refractivity contribution in [2.24, 2.45) is 5.92 Å². The maximum atomic E-state index is 11.7. The van der Waals surface area contributed by atoms with E-state index in [2.05, 4.69) is 10.6 Å². The third-order valence-electron chi connectivity index (χ3n) is 3.74. The van der Waals surface area contributed by atoms with Gasteiger partial charge in [-0.05, 0) is 38.1 Å². The summed E-state index contributed by atoms with van der Waals surface area (Å²) in [5.41, 5.74) is 0. The third kappa shape index (κ3) is 4.64. The Bertz CT molecular complexity index is 234. The topological polar surface area (TPSA) is 50.4 Å². The van der Waals surface area contributed by atoms with Gasteiger partial charge in [0.15, 0.2) is 0 Å². The summed E-state index contributed by atoms with van der Waals surface area (Å²) < 4.78 is 5.31. The van der Waals surface area contributed by atoms with Crippen molar-refractivity contribution in [3.63, 3.8) is 0 Å². The molecular weight excluding hydrogens is 216 g/mol. The zero-order chi connectivity index (χ0) is 11.9. The molecule has 2 fully saturated rings. The smallest absolute Gasteiger partial charge is 0.221 e. The second-order valence-electron chi connectivity index (χ2n) is 5.22. The summed E-state index contributed by atoms with van der Waals surface area (Å²) in [6.07, 6.45) is 6.50. The van der Waals surface area contributed by atoms with E-state index < -0.39 is 0 Å². The Labute approximate surface area is 103 Å². The first-order chi connectivity index (χ1) is 8.34. The van der Waals surface area contributed by atoms with Gasteiger partial charge in [-0.3, -0.25) is 4.79 Å². The molecule has 2 heterocycles. The molecule has 0 saturated carbocycles. The highest BCUT2D eigenvalue weighted by Gasteiger charge is 2.17. The molecule has 17 heavy (non-hydrogen) atoms. The largest absolute Gasteiger partial charge is 0.381 e. The Kier molecular flexibility index (Phi) is 5.26. The van der Waals surface area contributed by atoms with Crippen molar-refractivity contribution >= 4 is 5.91 Å². The normalized spacial score (nSPS) is 29.2. The van der Waals surface area contributed by atoms with Gasteiger partial charge in [-0.2, -0.15) is 0 Å². The van der Waals surface area contributed by atoms with Crippen LogP contribution in [0, 0.1) is 5.92 Å². The Morgan fingerprint density at radius 3 is 3.00 bits per heavy atom. The van der Waals surface area contributed by atoms with Crippen molar-refractivity contribution in [2.45, 2.75) is 44.6 Å². The molecule has 1 amide bonds. The monoisotopic (exact) mass is 240 g/mol. The number of ether oxygens (including phenoxy) is 1. The van der Waals surface area contributed by atoms with Crippen LogP contribution in [-0.4, -0.2) is 38.3 Å². The van der Waals surface area contributed by atoms with Crippen LogP contribution in [0.15, 0.2) is 0 Å². The van der Waals surface area contributed by atoms with Crippen molar-refractivity contribution in [2.75, 3.05) is 26.3 Å². The molecule has 4 nitrogen and oxygen atoms in total. The van der Waals surface area contributed by atoms with E-state index in [1.165, 1.54) is 12.8 Å². The van der Waals surface area contributed by atoms with Crippen molar-refractivity contribution in [3.05, 3.63) is 0 Å². The van der Waals surface area contributed by atoms with E-state index in [1.807, 2.05) is 0 Å². The molecule has 0 aromatic rings. The minimum Gasteiger partial charge on any atom is -0.381 e. The first kappa shape index (κ1) is 12.8. The average molecular weight is 240 g/mol. The van der Waals surface area contributed by atoms with Crippen molar-refractivity contribution < 1.29 is 9.53 Å². The standard InChI is InChI=1S/C13H24N2O2/c16-13(9-12-3-1-2-6-14-12)15-7-4-11-5-8-17-10-11/h11-12,14H,1-10H2,(H,15,16). The van der Waals surface area contributed by atoms with E-state index in [4.69, 9.17) is 4.74 Å². The highest BCUT2D eigenvalue weighted by molar-refractivity contribution is 5.76. The first-order valence-corrected chi connectivity index (χ1v) is 6.92. The maximum absolute atomic E-state index is 11.7. The molecule has 0 aliphatic carbocycles. The SMILES string of the molecule is O=C(CC1CCCCN1)NCCC1CCOC1. The van der Waals surface area contributed by atoms with E-state index in [9.17, 15) is 4.79 Å². The Hall–Kier alpha value is -0.610. The molecule has 2 aliphatic heterocycles. The van der Waals surface area contributed by atoms with Gasteiger partial charge < -0.3 is 15.4 Å². The van der Waals surface area contributed by atoms with Crippen LogP contribution in [0.5, 0.6) is 0 Å². The minimum atomic E-state index is 0.198. The summed E-state index contributed by atoms with van der Waals surface area (Å²) in [6.45, 7) is 3.64. The molecule has 98 valence electrons. The molecule has 2 unspecified atom stereocenters. The van der Waals surface area contributed by atoms with Crippen LogP contribution in [0.4, 0.5) is 0 Å². The van der Waals surface area contributed by atoms with Gasteiger partial charge in [0.05, 0.1) is 0 Å². The van der Waals surface area contributed by atoms with Gasteiger partial charge in [-0.1, -0.05) is 6.42 Å². The first-order valence-electron chi connectivity index (χ1n) is 6.92. The fourth-order valence-corrected chi connectivity index (χ4v) is 2.62. The predicted molar refractivity (Wildman–Crippen MR) is 66.8 cm³/mol. The van der Waals surface area contributed by atoms with E-state index in [0.717, 1.165) is 45.6 Å². The Balaban J connectivity index is 1.53. The lowest BCUT2D eigenvalue weighted by Gasteiger charge is -2.22. The van der Waals surface area contributed by atoms with Crippen LogP contribution in [0.3, 0.4) is 0 Å². The number of hydrogen-bond donors (Lipinski definition) is 2. The van der Waals surface area contributed by atoms with Gasteiger partial charge in [0.1, 0.15) is 0 Å². The molecule has 2 atom stereocenters. The van der Waals surface area contributed by atoms with E-state index in [1.54, 1.807) is 0 Å². The lowest BCUT2D eigenvalue weighted by molar-refractivity contribution is -0.121. The second kappa shape index (κ2) is 6.97. The van der Waals surface area contributed by atoms with Gasteiger partial charge in [-0.25, -0.2) is 0 Å². The fourth-order valence-electron chi connectivity index (χ4n) is 2.62. The predicted octanol–water partition coefficient (Wildman–Crippen LogP) is 1.06. The number of carbonyl (C=O) groups is 1. The van der Waals surface area contributed by atoms with Gasteiger partial charge in [-0.15, -0.1) is 0 Å². The molecule has 4 heteroatoms. The molecular formula is C13H24N2O2. The molecule has 0 aromatic carbocycles. The number of hydrogen-bond acceptors (Lipinski definition) is 3. The molecule has 2 aliphatic rings. The van der Waals surface area contributed by atoms with Crippen LogP contribution in [0.2, 0.25) is 0 Å². The summed E-state index contributed by atoms with van der Waals surface area (Å²) in [7, 11) is 0. The molecule has 0 bridgehead atoms. The molecule has 2 rings (SSSR count). The number of carbonyl (C=O) groups excluding carboxylic acids is 1. The fraction of sp³-hybridized carbons (Fsp3) is 0.923. The lowest BCUT2D eigenvalue weighted by atomic mass is 10.0. The zero-order valence-electron chi connectivity index (χ0n) is 10.5. The number of amides is 1. The van der Waals surface area contributed by atoms with Crippen molar-refractivity contribution in [3.8, 4) is 0 Å². The maximum Gasteiger partial charge on any atom is 0.221 e. The van der Waals surface area contributed by atoms with Crippen LogP contribution in [0.25, 0.3) is 0 Å². The molecule has 2 N–H and O–H groups in total. The highest BCUT2D eigenvalue weighted by atomic mass is 16.5. The Morgan fingerprint density at radius 1 is 1.35 bits per heavy atom. The van der Waals surface area contributed by atoms with E-state index in [0.29, 0.717) is 18.4 Å². The summed E-state index contributed by atoms with van der Waals surface area (Å²) in [6, 6.07) is 0.401. The van der Waals surface area contributed by atoms with Crippen LogP contribution in [-0.2, 0) is 9.53 Å². The summed E-state index contributed by atoms with van der Waals surface area (Å²) >= 11 is 0. The molecule has 0 spiro atoms. The van der Waals surface area contributed by atoms with Gasteiger partial charge >= 0.3 is 0 Å². The molecule has 2 saturated heterocycles. The molecule has 0 aromatic heterocycles. The number of piperidine rings is 1. The van der Waals surface area contributed by atoms with E-state index in [-0.39, 0.29) is 5.91 Å². The molecule has 0 radical (unpaired) electrons. The number of nitrogens with one attached hydrogen (secondary N) is 2. The lowest BCUT2D eigenvalue weighted by Crippen LogP contribution is -2.39. The second-order valence-corrected chi connectivity index (χ2v) is 5.22. The third-order valence-corrected chi connectivity index (χ3v) is 3.74. The van der Waals surface area contributed by atoms with E-state index >= 15 is 0 Å². The van der Waals surface area contributed by atoms with Gasteiger partial charge in [0.25, 0.3) is 0 Å². The van der Waals surface area contributed by atoms with Gasteiger partial charge in [0.2, 0.25) is 5.91 Å². The average Bonchev–Trinajstić information content (AvgIpc) is 2.83. The van der Waals surface area contributed by atoms with Crippen LogP contribution >= 0.6 is 0 Å². The Morgan fingerprint density at radius 2 is 2.29 bits per heavy atom. The van der Waals surface area contributed by atoms with Crippen LogP contribution < -0.4 is 10.6 Å². The summed E-state index contributed by atoms with van der Waals surface area (Å²) in [5, 5.41) is 6.42. The quantitative estimate of drug-likeness (QED) is 0.755. The summed E-state index contributed by atoms with van der Waals surface area (Å²) in [4.78, 5) is 11.7. The highest BCUT2D eigenvalue weighted by Crippen LogP contribution is 2.15. The minimum absolute atomic E-state index is 0.198. The zero-order valence-corrected chi connectivity index (χ0v) is 10.5. The van der Waals surface area contributed by atoms with Crippen LogP contribution in [0.1, 0.15) is 38.5 Å².